The van der Waals surface area contributed by atoms with Crippen molar-refractivity contribution in [1.82, 2.24) is 0 Å². The molecule has 0 amide bonds. The Hall–Kier alpha value is -0.0200. The molecule has 68 valence electrons. The lowest BCUT2D eigenvalue weighted by Gasteiger charge is -2.02. The zero-order chi connectivity index (χ0) is 8.43. The van der Waals surface area contributed by atoms with Crippen molar-refractivity contribution in [2.45, 2.75) is 6.54 Å². The predicted octanol–water partition coefficient (Wildman–Crippen LogP) is 3.01. The lowest BCUT2D eigenvalue weighted by Crippen LogP contribution is -1.97. The smallest absolute Gasteiger partial charge is 0.143 e. The number of benzene rings is 1. The SMILES string of the molecule is Cl.NCc1ccc(F)c(Cl)c1Cl. The second-order valence-electron chi connectivity index (χ2n) is 2.04. The first-order valence-corrected chi connectivity index (χ1v) is 3.75. The van der Waals surface area contributed by atoms with Gasteiger partial charge in [-0.25, -0.2) is 4.39 Å². The highest BCUT2D eigenvalue weighted by Crippen LogP contribution is 2.27. The van der Waals surface area contributed by atoms with Crippen LogP contribution in [0.15, 0.2) is 12.1 Å². The van der Waals surface area contributed by atoms with E-state index >= 15 is 0 Å². The quantitative estimate of drug-likeness (QED) is 0.738. The van der Waals surface area contributed by atoms with Crippen LogP contribution in [-0.2, 0) is 6.54 Å². The maximum absolute atomic E-state index is 12.6. The van der Waals surface area contributed by atoms with Gasteiger partial charge in [-0.15, -0.1) is 12.4 Å². The Bertz CT molecular complexity index is 278. The van der Waals surface area contributed by atoms with Crippen molar-refractivity contribution in [2.24, 2.45) is 5.73 Å². The lowest BCUT2D eigenvalue weighted by molar-refractivity contribution is 0.627. The molecule has 12 heavy (non-hydrogen) atoms. The van der Waals surface area contributed by atoms with Crippen molar-refractivity contribution in [3.05, 3.63) is 33.6 Å². The van der Waals surface area contributed by atoms with E-state index in [1.165, 1.54) is 12.1 Å². The van der Waals surface area contributed by atoms with Gasteiger partial charge in [0, 0.05) is 6.54 Å². The van der Waals surface area contributed by atoms with E-state index in [1.54, 1.807) is 0 Å². The van der Waals surface area contributed by atoms with Crippen molar-refractivity contribution < 1.29 is 4.39 Å². The van der Waals surface area contributed by atoms with E-state index in [9.17, 15) is 4.39 Å². The molecule has 0 radical (unpaired) electrons. The van der Waals surface area contributed by atoms with Gasteiger partial charge in [0.2, 0.25) is 0 Å². The van der Waals surface area contributed by atoms with Crippen LogP contribution in [0, 0.1) is 5.82 Å². The van der Waals surface area contributed by atoms with E-state index in [4.69, 9.17) is 28.9 Å². The van der Waals surface area contributed by atoms with Gasteiger partial charge in [-0.3, -0.25) is 0 Å². The van der Waals surface area contributed by atoms with E-state index in [1.807, 2.05) is 0 Å². The number of hydrogen-bond donors (Lipinski definition) is 1. The molecular weight excluding hydrogens is 223 g/mol. The van der Waals surface area contributed by atoms with Crippen LogP contribution in [0.2, 0.25) is 10.0 Å². The Morgan fingerprint density at radius 2 is 1.83 bits per heavy atom. The standard InChI is InChI=1S/C7H6Cl2FN.ClH/c8-6-4(3-11)1-2-5(10)7(6)9;/h1-2H,3,11H2;1H. The molecule has 1 nitrogen and oxygen atoms in total. The fraction of sp³-hybridized carbons (Fsp3) is 0.143. The molecule has 1 aromatic rings. The van der Waals surface area contributed by atoms with Gasteiger partial charge in [0.25, 0.3) is 0 Å². The van der Waals surface area contributed by atoms with E-state index < -0.39 is 5.82 Å². The summed E-state index contributed by atoms with van der Waals surface area (Å²) < 4.78 is 12.6. The Morgan fingerprint density at radius 3 is 2.33 bits per heavy atom. The molecular formula is C7H7Cl3FN. The minimum absolute atomic E-state index is 0. The summed E-state index contributed by atoms with van der Waals surface area (Å²) in [7, 11) is 0. The third-order valence-corrected chi connectivity index (χ3v) is 2.23. The molecule has 0 spiro atoms. The van der Waals surface area contributed by atoms with Crippen LogP contribution in [0.1, 0.15) is 5.56 Å². The lowest BCUT2D eigenvalue weighted by atomic mass is 10.2. The fourth-order valence-corrected chi connectivity index (χ4v) is 1.14. The topological polar surface area (TPSA) is 26.0 Å². The Balaban J connectivity index is 0.00000121. The normalized spacial score (nSPS) is 9.33. The minimum Gasteiger partial charge on any atom is -0.326 e. The monoisotopic (exact) mass is 229 g/mol. The molecule has 0 bridgehead atoms. The zero-order valence-electron chi connectivity index (χ0n) is 5.98. The summed E-state index contributed by atoms with van der Waals surface area (Å²) in [5.74, 6) is -0.520. The first kappa shape index (κ1) is 12.0. The second kappa shape index (κ2) is 4.87. The van der Waals surface area contributed by atoms with Crippen LogP contribution in [-0.4, -0.2) is 0 Å². The Kier molecular flexibility index (Phi) is 4.87. The van der Waals surface area contributed by atoms with Crippen LogP contribution in [0.3, 0.4) is 0 Å². The van der Waals surface area contributed by atoms with Gasteiger partial charge in [-0.05, 0) is 11.6 Å². The van der Waals surface area contributed by atoms with E-state index in [0.29, 0.717) is 5.56 Å². The molecule has 1 rings (SSSR count). The number of hydrogen-bond acceptors (Lipinski definition) is 1. The van der Waals surface area contributed by atoms with Crippen molar-refractivity contribution in [3.8, 4) is 0 Å². The average Bonchev–Trinajstić information content (AvgIpc) is 2.01. The zero-order valence-corrected chi connectivity index (χ0v) is 8.31. The molecule has 0 aliphatic rings. The van der Waals surface area contributed by atoms with Crippen molar-refractivity contribution >= 4 is 35.6 Å². The number of halogens is 4. The van der Waals surface area contributed by atoms with Gasteiger partial charge in [0.15, 0.2) is 0 Å². The third-order valence-electron chi connectivity index (χ3n) is 1.34. The van der Waals surface area contributed by atoms with Gasteiger partial charge in [-0.1, -0.05) is 29.3 Å². The first-order chi connectivity index (χ1) is 5.16. The van der Waals surface area contributed by atoms with Crippen molar-refractivity contribution in [1.29, 1.82) is 0 Å². The van der Waals surface area contributed by atoms with Crippen LogP contribution in [0.4, 0.5) is 4.39 Å². The van der Waals surface area contributed by atoms with Gasteiger partial charge in [0.05, 0.1) is 10.0 Å². The molecule has 0 saturated carbocycles. The molecule has 2 N–H and O–H groups in total. The first-order valence-electron chi connectivity index (χ1n) is 2.99. The fourth-order valence-electron chi connectivity index (χ4n) is 0.724. The number of rotatable bonds is 1. The third kappa shape index (κ3) is 2.23. The summed E-state index contributed by atoms with van der Waals surface area (Å²) in [5.41, 5.74) is 5.96. The van der Waals surface area contributed by atoms with E-state index in [-0.39, 0.29) is 29.0 Å². The summed E-state index contributed by atoms with van der Waals surface area (Å²) >= 11 is 11.1. The van der Waals surface area contributed by atoms with Crippen LogP contribution in [0.5, 0.6) is 0 Å². The highest BCUT2D eigenvalue weighted by molar-refractivity contribution is 6.42. The van der Waals surface area contributed by atoms with Crippen molar-refractivity contribution in [2.75, 3.05) is 0 Å². The minimum atomic E-state index is -0.520. The number of nitrogens with two attached hydrogens (primary N) is 1. The summed E-state index contributed by atoms with van der Waals surface area (Å²) in [5, 5.41) is 0.142. The highest BCUT2D eigenvalue weighted by Gasteiger charge is 2.07. The van der Waals surface area contributed by atoms with Crippen LogP contribution < -0.4 is 5.73 Å². The second-order valence-corrected chi connectivity index (χ2v) is 2.79. The molecule has 0 atom stereocenters. The van der Waals surface area contributed by atoms with Gasteiger partial charge < -0.3 is 5.73 Å². The van der Waals surface area contributed by atoms with Crippen LogP contribution >= 0.6 is 35.6 Å². The van der Waals surface area contributed by atoms with Crippen molar-refractivity contribution in [3.63, 3.8) is 0 Å². The van der Waals surface area contributed by atoms with Crippen LogP contribution in [0.25, 0.3) is 0 Å². The molecule has 5 heteroatoms. The van der Waals surface area contributed by atoms with Gasteiger partial charge >= 0.3 is 0 Å². The molecule has 0 saturated heterocycles. The summed E-state index contributed by atoms with van der Waals surface area (Å²) in [6.45, 7) is 0.263. The summed E-state index contributed by atoms with van der Waals surface area (Å²) in [6.07, 6.45) is 0. The molecule has 0 unspecified atom stereocenters. The molecule has 0 fully saturated rings. The molecule has 0 heterocycles. The van der Waals surface area contributed by atoms with Gasteiger partial charge in [0.1, 0.15) is 5.82 Å². The maximum Gasteiger partial charge on any atom is 0.143 e. The Morgan fingerprint density at radius 1 is 1.25 bits per heavy atom. The molecule has 0 aliphatic carbocycles. The van der Waals surface area contributed by atoms with E-state index in [2.05, 4.69) is 0 Å². The largest absolute Gasteiger partial charge is 0.326 e. The van der Waals surface area contributed by atoms with E-state index in [0.717, 1.165) is 0 Å². The Labute approximate surface area is 86.1 Å². The molecule has 0 aliphatic heterocycles. The predicted molar refractivity (Wildman–Crippen MR) is 51.6 cm³/mol. The summed E-state index contributed by atoms with van der Waals surface area (Å²) in [6, 6.07) is 2.76. The summed E-state index contributed by atoms with van der Waals surface area (Å²) in [4.78, 5) is 0. The average molecular weight is 230 g/mol. The maximum atomic E-state index is 12.6. The molecule has 1 aromatic carbocycles. The molecule has 0 aromatic heterocycles. The highest BCUT2D eigenvalue weighted by atomic mass is 35.5. The van der Waals surface area contributed by atoms with Gasteiger partial charge in [-0.2, -0.15) is 0 Å².